The third kappa shape index (κ3) is 4.80. The lowest BCUT2D eigenvalue weighted by molar-refractivity contribution is 0.0947. The maximum Gasteiger partial charge on any atom is 0.251 e. The largest absolute Gasteiger partial charge is 0.491 e. The molecule has 0 atom stereocenters. The first-order valence-electron chi connectivity index (χ1n) is 9.51. The molecule has 0 saturated carbocycles. The first-order chi connectivity index (χ1) is 13.4. The van der Waals surface area contributed by atoms with E-state index in [-0.39, 0.29) is 5.91 Å². The van der Waals surface area contributed by atoms with E-state index in [1.807, 2.05) is 80.9 Å². The van der Waals surface area contributed by atoms with Crippen LogP contribution in [0.2, 0.25) is 0 Å². The number of hydrogen-bond donors (Lipinski definition) is 1. The highest BCUT2D eigenvalue weighted by Crippen LogP contribution is 2.21. The number of benzene rings is 2. The van der Waals surface area contributed by atoms with Crippen LogP contribution in [0.5, 0.6) is 5.75 Å². The fraction of sp³-hybridized carbons (Fsp3) is 0.304. The maximum absolute atomic E-state index is 12.5. The number of carbonyl (C=O) groups is 1. The summed E-state index contributed by atoms with van der Waals surface area (Å²) in [6.07, 6.45) is 0. The third-order valence-corrected chi connectivity index (χ3v) is 4.67. The van der Waals surface area contributed by atoms with Crippen LogP contribution in [-0.2, 0) is 6.54 Å². The summed E-state index contributed by atoms with van der Waals surface area (Å²) < 4.78 is 7.79. The zero-order valence-corrected chi connectivity index (χ0v) is 17.0. The monoisotopic (exact) mass is 377 g/mol. The van der Waals surface area contributed by atoms with Gasteiger partial charge in [0, 0.05) is 11.3 Å². The average molecular weight is 377 g/mol. The maximum atomic E-state index is 12.5. The summed E-state index contributed by atoms with van der Waals surface area (Å²) in [5.41, 5.74) is 5.99. The van der Waals surface area contributed by atoms with Gasteiger partial charge in [0.05, 0.1) is 18.8 Å². The molecule has 2 aromatic carbocycles. The van der Waals surface area contributed by atoms with Crippen molar-refractivity contribution < 1.29 is 9.53 Å². The van der Waals surface area contributed by atoms with Crippen molar-refractivity contribution >= 4 is 5.91 Å². The molecule has 3 aromatic rings. The van der Waals surface area contributed by atoms with Crippen molar-refractivity contribution in [2.75, 3.05) is 13.2 Å². The lowest BCUT2D eigenvalue weighted by Gasteiger charge is -2.12. The average Bonchev–Trinajstić information content (AvgIpc) is 2.97. The second kappa shape index (κ2) is 8.74. The molecule has 0 radical (unpaired) electrons. The molecular weight excluding hydrogens is 350 g/mol. The van der Waals surface area contributed by atoms with Gasteiger partial charge in [0.2, 0.25) is 0 Å². The van der Waals surface area contributed by atoms with Gasteiger partial charge in [-0.05, 0) is 62.6 Å². The lowest BCUT2D eigenvalue weighted by atomic mass is 10.1. The van der Waals surface area contributed by atoms with E-state index in [0.29, 0.717) is 25.3 Å². The second-order valence-electron chi connectivity index (χ2n) is 7.11. The van der Waals surface area contributed by atoms with E-state index in [9.17, 15) is 4.79 Å². The van der Waals surface area contributed by atoms with Crippen molar-refractivity contribution in [2.45, 2.75) is 34.2 Å². The minimum absolute atomic E-state index is 0.0969. The number of carbonyl (C=O) groups excluding carboxylic acids is 1. The molecule has 0 saturated heterocycles. The predicted molar refractivity (Wildman–Crippen MR) is 111 cm³/mol. The summed E-state index contributed by atoms with van der Waals surface area (Å²) in [6, 6.07) is 15.8. The minimum atomic E-state index is -0.0969. The highest BCUT2D eigenvalue weighted by molar-refractivity contribution is 5.94. The number of nitrogens with zero attached hydrogens (tertiary/aromatic N) is 2. The van der Waals surface area contributed by atoms with Crippen molar-refractivity contribution in [2.24, 2.45) is 0 Å². The highest BCUT2D eigenvalue weighted by Gasteiger charge is 2.08. The van der Waals surface area contributed by atoms with Crippen LogP contribution >= 0.6 is 0 Å². The number of amides is 1. The van der Waals surface area contributed by atoms with E-state index in [0.717, 1.165) is 33.8 Å². The molecule has 1 aromatic heterocycles. The zero-order valence-electron chi connectivity index (χ0n) is 17.0. The van der Waals surface area contributed by atoms with Crippen LogP contribution in [-0.4, -0.2) is 28.8 Å². The number of para-hydroxylation sites is 1. The van der Waals surface area contributed by atoms with E-state index >= 15 is 0 Å². The quantitative estimate of drug-likeness (QED) is 0.634. The summed E-state index contributed by atoms with van der Waals surface area (Å²) in [7, 11) is 0. The number of hydrogen-bond acceptors (Lipinski definition) is 3. The van der Waals surface area contributed by atoms with Crippen LogP contribution in [0.3, 0.4) is 0 Å². The molecule has 0 aliphatic rings. The van der Waals surface area contributed by atoms with Crippen molar-refractivity contribution in [3.05, 3.63) is 82.2 Å². The topological polar surface area (TPSA) is 56.2 Å². The van der Waals surface area contributed by atoms with E-state index in [2.05, 4.69) is 10.4 Å². The van der Waals surface area contributed by atoms with Gasteiger partial charge in [-0.25, -0.2) is 0 Å². The van der Waals surface area contributed by atoms with Gasteiger partial charge in [-0.2, -0.15) is 5.10 Å². The third-order valence-electron chi connectivity index (χ3n) is 4.67. The Morgan fingerprint density at radius 2 is 1.75 bits per heavy atom. The zero-order chi connectivity index (χ0) is 20.1. The Balaban J connectivity index is 1.55. The standard InChI is InChI=1S/C23H27N3O2/c1-16-7-5-8-17(2)22(16)28-12-11-24-23(27)21-10-6-9-20(14-21)15-26-19(4)13-18(3)25-26/h5-10,13-14H,11-12,15H2,1-4H3,(H,24,27). The van der Waals surface area contributed by atoms with Crippen molar-refractivity contribution in [1.82, 2.24) is 15.1 Å². The SMILES string of the molecule is Cc1cc(C)n(Cc2cccc(C(=O)NCCOc3c(C)cccc3C)c2)n1. The Morgan fingerprint density at radius 1 is 1.04 bits per heavy atom. The molecule has 28 heavy (non-hydrogen) atoms. The second-order valence-corrected chi connectivity index (χ2v) is 7.11. The molecule has 0 fully saturated rings. The smallest absolute Gasteiger partial charge is 0.251 e. The lowest BCUT2D eigenvalue weighted by Crippen LogP contribution is -2.28. The van der Waals surface area contributed by atoms with Crippen LogP contribution < -0.4 is 10.1 Å². The van der Waals surface area contributed by atoms with E-state index in [1.165, 1.54) is 0 Å². The van der Waals surface area contributed by atoms with Crippen molar-refractivity contribution in [3.63, 3.8) is 0 Å². The van der Waals surface area contributed by atoms with Crippen LogP contribution in [0.1, 0.15) is 38.4 Å². The Hall–Kier alpha value is -3.08. The van der Waals surface area contributed by atoms with Gasteiger partial charge in [0.25, 0.3) is 5.91 Å². The Morgan fingerprint density at radius 3 is 2.43 bits per heavy atom. The van der Waals surface area contributed by atoms with Crippen molar-refractivity contribution in [1.29, 1.82) is 0 Å². The summed E-state index contributed by atoms with van der Waals surface area (Å²) >= 11 is 0. The van der Waals surface area contributed by atoms with Crippen LogP contribution in [0.25, 0.3) is 0 Å². The van der Waals surface area contributed by atoms with Crippen LogP contribution in [0, 0.1) is 27.7 Å². The molecule has 1 N–H and O–H groups in total. The van der Waals surface area contributed by atoms with Crippen molar-refractivity contribution in [3.8, 4) is 5.75 Å². The molecule has 0 aliphatic heterocycles. The summed E-state index contributed by atoms with van der Waals surface area (Å²) in [6.45, 7) is 9.60. The number of nitrogens with one attached hydrogen (secondary N) is 1. The Labute approximate surface area is 166 Å². The number of aromatic nitrogens is 2. The van der Waals surface area contributed by atoms with Gasteiger partial charge < -0.3 is 10.1 Å². The Kier molecular flexibility index (Phi) is 6.14. The summed E-state index contributed by atoms with van der Waals surface area (Å²) in [4.78, 5) is 12.5. The van der Waals surface area contributed by atoms with Crippen LogP contribution in [0.15, 0.2) is 48.5 Å². The number of aryl methyl sites for hydroxylation is 4. The molecule has 5 nitrogen and oxygen atoms in total. The highest BCUT2D eigenvalue weighted by atomic mass is 16.5. The predicted octanol–water partition coefficient (Wildman–Crippen LogP) is 3.97. The van der Waals surface area contributed by atoms with Gasteiger partial charge in [-0.15, -0.1) is 0 Å². The summed E-state index contributed by atoms with van der Waals surface area (Å²) in [5, 5.41) is 7.41. The normalized spacial score (nSPS) is 10.7. The molecule has 0 spiro atoms. The molecule has 3 rings (SSSR count). The number of ether oxygens (including phenoxy) is 1. The van der Waals surface area contributed by atoms with E-state index in [4.69, 9.17) is 4.74 Å². The first kappa shape index (κ1) is 19.7. The van der Waals surface area contributed by atoms with E-state index < -0.39 is 0 Å². The minimum Gasteiger partial charge on any atom is -0.491 e. The van der Waals surface area contributed by atoms with Gasteiger partial charge in [-0.3, -0.25) is 9.48 Å². The molecule has 0 aliphatic carbocycles. The number of rotatable bonds is 7. The van der Waals surface area contributed by atoms with Gasteiger partial charge in [0.1, 0.15) is 12.4 Å². The summed E-state index contributed by atoms with van der Waals surface area (Å²) in [5.74, 6) is 0.795. The molecule has 0 bridgehead atoms. The van der Waals surface area contributed by atoms with E-state index in [1.54, 1.807) is 0 Å². The molecule has 5 heteroatoms. The fourth-order valence-corrected chi connectivity index (χ4v) is 3.27. The van der Waals surface area contributed by atoms with Gasteiger partial charge in [-0.1, -0.05) is 30.3 Å². The molecule has 0 unspecified atom stereocenters. The fourth-order valence-electron chi connectivity index (χ4n) is 3.27. The molecular formula is C23H27N3O2. The molecule has 146 valence electrons. The molecule has 1 heterocycles. The van der Waals surface area contributed by atoms with Gasteiger partial charge in [0.15, 0.2) is 0 Å². The first-order valence-corrected chi connectivity index (χ1v) is 9.51. The molecule has 1 amide bonds. The Bertz CT molecular complexity index is 955. The van der Waals surface area contributed by atoms with Gasteiger partial charge >= 0.3 is 0 Å². The van der Waals surface area contributed by atoms with Crippen LogP contribution in [0.4, 0.5) is 0 Å².